The summed E-state index contributed by atoms with van der Waals surface area (Å²) in [5.41, 5.74) is -0.480. The Bertz CT molecular complexity index is 518. The maximum atomic E-state index is 12.2. The first-order valence-corrected chi connectivity index (χ1v) is 7.36. The third kappa shape index (κ3) is 4.20. The quantitative estimate of drug-likeness (QED) is 0.797. The summed E-state index contributed by atoms with van der Waals surface area (Å²) >= 11 is 5.87. The summed E-state index contributed by atoms with van der Waals surface area (Å²) in [6.07, 6.45) is 2.92. The highest BCUT2D eigenvalue weighted by atomic mass is 35.5. The molecule has 1 atom stereocenters. The number of rotatable bonds is 1. The summed E-state index contributed by atoms with van der Waals surface area (Å²) in [5, 5.41) is 0.370. The van der Waals surface area contributed by atoms with E-state index in [-0.39, 0.29) is 12.1 Å². The smallest absolute Gasteiger partial charge is 0.410 e. The van der Waals surface area contributed by atoms with E-state index in [1.807, 2.05) is 27.7 Å². The second-order valence-electron chi connectivity index (χ2n) is 6.17. The van der Waals surface area contributed by atoms with E-state index < -0.39 is 5.60 Å². The zero-order chi connectivity index (χ0) is 15.6. The molecule has 1 aliphatic heterocycles. The number of piperazine rings is 1. The number of hydrogen-bond acceptors (Lipinski definition) is 5. The predicted molar refractivity (Wildman–Crippen MR) is 81.7 cm³/mol. The van der Waals surface area contributed by atoms with Crippen molar-refractivity contribution in [3.05, 3.63) is 17.5 Å². The van der Waals surface area contributed by atoms with Crippen LogP contribution in [0, 0.1) is 0 Å². The van der Waals surface area contributed by atoms with E-state index in [2.05, 4.69) is 14.9 Å². The van der Waals surface area contributed by atoms with E-state index in [4.69, 9.17) is 16.3 Å². The molecule has 0 saturated carbocycles. The summed E-state index contributed by atoms with van der Waals surface area (Å²) in [5.74, 6) is 0.734. The van der Waals surface area contributed by atoms with Crippen molar-refractivity contribution in [1.29, 1.82) is 0 Å². The summed E-state index contributed by atoms with van der Waals surface area (Å²) in [6, 6.07) is 0.0365. The van der Waals surface area contributed by atoms with Crippen molar-refractivity contribution in [2.75, 3.05) is 24.5 Å². The summed E-state index contributed by atoms with van der Waals surface area (Å²) in [4.78, 5) is 24.3. The molecule has 0 bridgehead atoms. The van der Waals surface area contributed by atoms with Crippen molar-refractivity contribution in [2.24, 2.45) is 0 Å². The van der Waals surface area contributed by atoms with Gasteiger partial charge >= 0.3 is 6.09 Å². The van der Waals surface area contributed by atoms with E-state index in [1.54, 1.807) is 11.1 Å². The SMILES string of the molecule is C[C@@H]1CN(c2cncc(Cl)n2)CCN1C(=O)OC(C)(C)C. The predicted octanol–water partition coefficient (Wildman–Crippen LogP) is 2.58. The third-order valence-corrected chi connectivity index (χ3v) is 3.35. The van der Waals surface area contributed by atoms with Gasteiger partial charge < -0.3 is 14.5 Å². The van der Waals surface area contributed by atoms with Gasteiger partial charge in [-0.2, -0.15) is 0 Å². The molecule has 21 heavy (non-hydrogen) atoms. The standard InChI is InChI=1S/C14H21ClN4O2/c1-10-9-18(12-8-16-7-11(15)17-12)5-6-19(10)13(20)21-14(2,3)4/h7-8,10H,5-6,9H2,1-4H3/t10-/m1/s1. The Morgan fingerprint density at radius 3 is 2.67 bits per heavy atom. The highest BCUT2D eigenvalue weighted by Crippen LogP contribution is 2.20. The first kappa shape index (κ1) is 15.8. The van der Waals surface area contributed by atoms with Crippen molar-refractivity contribution >= 4 is 23.5 Å². The molecule has 0 aliphatic carbocycles. The molecule has 0 spiro atoms. The van der Waals surface area contributed by atoms with Crippen molar-refractivity contribution in [3.8, 4) is 0 Å². The van der Waals surface area contributed by atoms with Crippen LogP contribution >= 0.6 is 11.6 Å². The van der Waals surface area contributed by atoms with E-state index in [1.165, 1.54) is 6.20 Å². The van der Waals surface area contributed by atoms with Gasteiger partial charge in [0, 0.05) is 25.7 Å². The Morgan fingerprint density at radius 2 is 2.10 bits per heavy atom. The van der Waals surface area contributed by atoms with Gasteiger partial charge in [0.05, 0.1) is 12.4 Å². The molecule has 1 amide bonds. The maximum absolute atomic E-state index is 12.2. The summed E-state index contributed by atoms with van der Waals surface area (Å²) in [6.45, 7) is 9.54. The fourth-order valence-electron chi connectivity index (χ4n) is 2.24. The second kappa shape index (κ2) is 6.05. The van der Waals surface area contributed by atoms with Crippen LogP contribution in [0.1, 0.15) is 27.7 Å². The topological polar surface area (TPSA) is 58.6 Å². The largest absolute Gasteiger partial charge is 0.444 e. The van der Waals surface area contributed by atoms with Crippen molar-refractivity contribution in [2.45, 2.75) is 39.3 Å². The fraction of sp³-hybridized carbons (Fsp3) is 0.643. The Balaban J connectivity index is 2.01. The van der Waals surface area contributed by atoms with Gasteiger partial charge in [-0.25, -0.2) is 9.78 Å². The van der Waals surface area contributed by atoms with Gasteiger partial charge in [-0.3, -0.25) is 4.98 Å². The molecule has 1 fully saturated rings. The van der Waals surface area contributed by atoms with Crippen LogP contribution in [-0.4, -0.2) is 52.2 Å². The van der Waals surface area contributed by atoms with Crippen LogP contribution in [0.4, 0.5) is 10.6 Å². The molecule has 1 aliphatic rings. The fourth-order valence-corrected chi connectivity index (χ4v) is 2.39. The van der Waals surface area contributed by atoms with E-state index in [9.17, 15) is 4.79 Å². The minimum Gasteiger partial charge on any atom is -0.444 e. The third-order valence-electron chi connectivity index (χ3n) is 3.17. The summed E-state index contributed by atoms with van der Waals surface area (Å²) in [7, 11) is 0. The van der Waals surface area contributed by atoms with Crippen LogP contribution in [-0.2, 0) is 4.74 Å². The maximum Gasteiger partial charge on any atom is 0.410 e. The Labute approximate surface area is 130 Å². The lowest BCUT2D eigenvalue weighted by molar-refractivity contribution is 0.0158. The molecular formula is C14H21ClN4O2. The number of ether oxygens (including phenoxy) is 1. The molecule has 1 aromatic heterocycles. The molecule has 7 heteroatoms. The van der Waals surface area contributed by atoms with Crippen LogP contribution in [0.5, 0.6) is 0 Å². The molecular weight excluding hydrogens is 292 g/mol. The molecule has 6 nitrogen and oxygen atoms in total. The van der Waals surface area contributed by atoms with Crippen molar-refractivity contribution < 1.29 is 9.53 Å². The highest BCUT2D eigenvalue weighted by Gasteiger charge is 2.31. The zero-order valence-electron chi connectivity index (χ0n) is 12.8. The lowest BCUT2D eigenvalue weighted by atomic mass is 10.2. The van der Waals surface area contributed by atoms with Crippen LogP contribution in [0.15, 0.2) is 12.4 Å². The van der Waals surface area contributed by atoms with Crippen LogP contribution in [0.25, 0.3) is 0 Å². The van der Waals surface area contributed by atoms with Gasteiger partial charge in [0.25, 0.3) is 0 Å². The van der Waals surface area contributed by atoms with Gasteiger partial charge in [0.2, 0.25) is 0 Å². The average Bonchev–Trinajstić information content (AvgIpc) is 2.36. The Morgan fingerprint density at radius 1 is 1.38 bits per heavy atom. The minimum atomic E-state index is -0.480. The van der Waals surface area contributed by atoms with Crippen molar-refractivity contribution in [1.82, 2.24) is 14.9 Å². The number of aromatic nitrogens is 2. The lowest BCUT2D eigenvalue weighted by Gasteiger charge is -2.40. The number of anilines is 1. The molecule has 0 radical (unpaired) electrons. The van der Waals surface area contributed by atoms with Gasteiger partial charge in [0.1, 0.15) is 16.6 Å². The van der Waals surface area contributed by atoms with Gasteiger partial charge in [-0.1, -0.05) is 11.6 Å². The molecule has 2 heterocycles. The normalized spacial score (nSPS) is 19.6. The molecule has 0 N–H and O–H groups in total. The molecule has 0 unspecified atom stereocenters. The molecule has 116 valence electrons. The van der Waals surface area contributed by atoms with Gasteiger partial charge in [-0.15, -0.1) is 0 Å². The minimum absolute atomic E-state index is 0.0365. The van der Waals surface area contributed by atoms with Crippen LogP contribution in [0.2, 0.25) is 5.15 Å². The second-order valence-corrected chi connectivity index (χ2v) is 6.56. The van der Waals surface area contributed by atoms with Crippen LogP contribution < -0.4 is 4.90 Å². The van der Waals surface area contributed by atoms with E-state index in [0.717, 1.165) is 5.82 Å². The Hall–Kier alpha value is -1.56. The zero-order valence-corrected chi connectivity index (χ0v) is 13.6. The number of hydrogen-bond donors (Lipinski definition) is 0. The summed E-state index contributed by atoms with van der Waals surface area (Å²) < 4.78 is 5.43. The molecule has 0 aromatic carbocycles. The monoisotopic (exact) mass is 312 g/mol. The molecule has 1 aromatic rings. The van der Waals surface area contributed by atoms with Gasteiger partial charge in [0.15, 0.2) is 0 Å². The van der Waals surface area contributed by atoms with E-state index in [0.29, 0.717) is 24.8 Å². The average molecular weight is 313 g/mol. The lowest BCUT2D eigenvalue weighted by Crippen LogP contribution is -2.55. The molecule has 1 saturated heterocycles. The van der Waals surface area contributed by atoms with E-state index >= 15 is 0 Å². The highest BCUT2D eigenvalue weighted by molar-refractivity contribution is 6.29. The number of halogens is 1. The van der Waals surface area contributed by atoms with Gasteiger partial charge in [-0.05, 0) is 27.7 Å². The first-order valence-electron chi connectivity index (χ1n) is 6.98. The number of nitrogens with zero attached hydrogens (tertiary/aromatic N) is 4. The number of amides is 1. The Kier molecular flexibility index (Phi) is 4.56. The van der Waals surface area contributed by atoms with Crippen LogP contribution in [0.3, 0.4) is 0 Å². The number of carbonyl (C=O) groups is 1. The van der Waals surface area contributed by atoms with Crippen molar-refractivity contribution in [3.63, 3.8) is 0 Å². The molecule has 2 rings (SSSR count). The number of carbonyl (C=O) groups excluding carboxylic acids is 1. The first-order chi connectivity index (χ1) is 9.76.